The summed E-state index contributed by atoms with van der Waals surface area (Å²) in [5.74, 6) is 0.307. The number of nitro groups is 1. The number of carbonyl (C=O) groups excluding carboxylic acids is 1. The van der Waals surface area contributed by atoms with Gasteiger partial charge in [-0.25, -0.2) is 4.98 Å². The zero-order valence-corrected chi connectivity index (χ0v) is 15.9. The van der Waals surface area contributed by atoms with Crippen LogP contribution < -0.4 is 4.74 Å². The molecule has 0 aliphatic heterocycles. The van der Waals surface area contributed by atoms with Gasteiger partial charge in [-0.05, 0) is 35.2 Å². The largest absolute Gasteiger partial charge is 0.427 e. The predicted molar refractivity (Wildman–Crippen MR) is 97.8 cm³/mol. The molecule has 0 aliphatic carbocycles. The molecular formula is C13H10N4O4S4. The lowest BCUT2D eigenvalue weighted by Crippen LogP contribution is -2.00. The Morgan fingerprint density at radius 1 is 1.24 bits per heavy atom. The van der Waals surface area contributed by atoms with Gasteiger partial charge in [0.15, 0.2) is 13.0 Å². The smallest absolute Gasteiger partial charge is 0.344 e. The molecule has 1 aromatic carbocycles. The van der Waals surface area contributed by atoms with Gasteiger partial charge in [0.25, 0.3) is 0 Å². The number of aromatic nitrogens is 3. The first kappa shape index (κ1) is 19.3. The molecule has 0 bridgehead atoms. The molecule has 3 rings (SSSR count). The van der Waals surface area contributed by atoms with Crippen LogP contribution in [0.4, 0.5) is 5.00 Å². The number of para-hydroxylation sites is 1. The fourth-order valence-electron chi connectivity index (χ4n) is 1.35. The van der Waals surface area contributed by atoms with Crippen molar-refractivity contribution in [1.82, 2.24) is 15.2 Å². The molecule has 3 aromatic rings. The van der Waals surface area contributed by atoms with E-state index in [1.165, 1.54) is 36.2 Å². The van der Waals surface area contributed by atoms with Crippen LogP contribution in [-0.4, -0.2) is 26.1 Å². The molecule has 0 spiro atoms. The van der Waals surface area contributed by atoms with Gasteiger partial charge in [-0.1, -0.05) is 29.5 Å². The summed E-state index contributed by atoms with van der Waals surface area (Å²) in [6.07, 6.45) is 1.23. The summed E-state index contributed by atoms with van der Waals surface area (Å²) in [6.45, 7) is 1.38. The number of esters is 1. The van der Waals surface area contributed by atoms with Gasteiger partial charge in [-0.3, -0.25) is 14.9 Å². The van der Waals surface area contributed by atoms with E-state index in [2.05, 4.69) is 27.8 Å². The first-order chi connectivity index (χ1) is 11.9. The molecule has 25 heavy (non-hydrogen) atoms. The molecule has 0 unspecified atom stereocenters. The SMILES string of the molecule is CC(=O)Oc1ccccc1.O=[N+]([O-])c1cnc(Sc2nnc(S)s2)s1. The molecule has 2 heterocycles. The van der Waals surface area contributed by atoms with Crippen molar-refractivity contribution in [1.29, 1.82) is 0 Å². The standard InChI is InChI=1S/C8H8O2.C5H2N4O2S4/c1-7(9)10-8-5-3-2-4-6-8;10-9(11)2-1-6-4(13-2)15-5-8-7-3(12)14-5/h2-6H,1H3;1H,(H,7,12). The van der Waals surface area contributed by atoms with E-state index in [-0.39, 0.29) is 11.0 Å². The third-order valence-electron chi connectivity index (χ3n) is 2.23. The average molecular weight is 415 g/mol. The summed E-state index contributed by atoms with van der Waals surface area (Å²) in [4.78, 5) is 24.2. The Balaban J connectivity index is 0.000000196. The summed E-state index contributed by atoms with van der Waals surface area (Å²) >= 11 is 7.58. The van der Waals surface area contributed by atoms with E-state index in [1.807, 2.05) is 18.2 Å². The van der Waals surface area contributed by atoms with Gasteiger partial charge in [0.05, 0.1) is 4.92 Å². The van der Waals surface area contributed by atoms with Gasteiger partial charge in [0.2, 0.25) is 0 Å². The van der Waals surface area contributed by atoms with Gasteiger partial charge in [0, 0.05) is 6.92 Å². The minimum absolute atomic E-state index is 0.0214. The molecule has 130 valence electrons. The van der Waals surface area contributed by atoms with Crippen molar-refractivity contribution < 1.29 is 14.5 Å². The Kier molecular flexibility index (Phi) is 7.31. The summed E-state index contributed by atoms with van der Waals surface area (Å²) in [5.41, 5.74) is 0. The maximum absolute atomic E-state index is 10.4. The number of nitrogens with zero attached hydrogens (tertiary/aromatic N) is 4. The Labute approximate surface area is 159 Å². The van der Waals surface area contributed by atoms with E-state index in [4.69, 9.17) is 4.74 Å². The second-order valence-corrected chi connectivity index (χ2v) is 8.29. The third kappa shape index (κ3) is 6.78. The lowest BCUT2D eigenvalue weighted by molar-refractivity contribution is -0.380. The number of benzene rings is 1. The quantitative estimate of drug-likeness (QED) is 0.225. The first-order valence-electron chi connectivity index (χ1n) is 6.48. The third-order valence-corrected chi connectivity index (χ3v) is 5.39. The minimum Gasteiger partial charge on any atom is -0.427 e. The number of rotatable bonds is 4. The van der Waals surface area contributed by atoms with E-state index < -0.39 is 4.92 Å². The van der Waals surface area contributed by atoms with Gasteiger partial charge >= 0.3 is 11.0 Å². The van der Waals surface area contributed by atoms with E-state index in [9.17, 15) is 14.9 Å². The van der Waals surface area contributed by atoms with Gasteiger partial charge in [-0.15, -0.1) is 22.8 Å². The second-order valence-electron chi connectivity index (χ2n) is 4.08. The summed E-state index contributed by atoms with van der Waals surface area (Å²) < 4.78 is 6.58. The molecule has 0 N–H and O–H groups in total. The van der Waals surface area contributed by atoms with Gasteiger partial charge in [-0.2, -0.15) is 0 Å². The molecule has 2 aromatic heterocycles. The van der Waals surface area contributed by atoms with Crippen LogP contribution in [0, 0.1) is 10.1 Å². The van der Waals surface area contributed by atoms with Crippen molar-refractivity contribution in [2.45, 2.75) is 19.9 Å². The van der Waals surface area contributed by atoms with Crippen molar-refractivity contribution in [2.24, 2.45) is 0 Å². The van der Waals surface area contributed by atoms with Crippen LogP contribution in [0.3, 0.4) is 0 Å². The maximum Gasteiger partial charge on any atom is 0.344 e. The second kappa shape index (κ2) is 9.46. The highest BCUT2D eigenvalue weighted by Gasteiger charge is 2.13. The summed E-state index contributed by atoms with van der Waals surface area (Å²) in [6, 6.07) is 8.98. The van der Waals surface area contributed by atoms with Crippen LogP contribution in [0.5, 0.6) is 5.75 Å². The number of carbonyl (C=O) groups is 1. The van der Waals surface area contributed by atoms with Crippen molar-refractivity contribution in [2.75, 3.05) is 0 Å². The van der Waals surface area contributed by atoms with Gasteiger partial charge < -0.3 is 4.74 Å². The number of hydrogen-bond donors (Lipinski definition) is 1. The molecular weight excluding hydrogens is 404 g/mol. The Hall–Kier alpha value is -2.02. The molecule has 8 nitrogen and oxygen atoms in total. The predicted octanol–water partition coefficient (Wildman–Crippen LogP) is 3.95. The fourth-order valence-corrected chi connectivity index (χ4v) is 4.42. The molecule has 12 heteroatoms. The molecule has 0 radical (unpaired) electrons. The molecule has 0 saturated heterocycles. The van der Waals surface area contributed by atoms with Crippen molar-refractivity contribution in [3.8, 4) is 5.75 Å². The Morgan fingerprint density at radius 2 is 1.96 bits per heavy atom. The van der Waals surface area contributed by atoms with Crippen molar-refractivity contribution in [3.05, 3.63) is 46.6 Å². The molecule has 0 aliphatic rings. The lowest BCUT2D eigenvalue weighted by Gasteiger charge is -1.97. The summed E-state index contributed by atoms with van der Waals surface area (Å²) in [5, 5.41) is 17.9. The molecule has 0 saturated carbocycles. The average Bonchev–Trinajstić information content (AvgIpc) is 3.18. The zero-order chi connectivity index (χ0) is 18.2. The first-order valence-corrected chi connectivity index (χ1v) is 9.37. The van der Waals surface area contributed by atoms with Crippen LogP contribution in [0.1, 0.15) is 6.92 Å². The number of thiol groups is 1. The highest BCUT2D eigenvalue weighted by molar-refractivity contribution is 8.02. The molecule has 0 fully saturated rings. The highest BCUT2D eigenvalue weighted by atomic mass is 32.2. The maximum atomic E-state index is 10.4. The van der Waals surface area contributed by atoms with E-state index in [1.54, 1.807) is 12.1 Å². The Bertz CT molecular complexity index is 853. The normalized spacial score (nSPS) is 9.84. The summed E-state index contributed by atoms with van der Waals surface area (Å²) in [7, 11) is 0. The zero-order valence-electron chi connectivity index (χ0n) is 12.6. The number of thiazole rings is 1. The topological polar surface area (TPSA) is 108 Å². The molecule has 0 atom stereocenters. The number of ether oxygens (including phenoxy) is 1. The van der Waals surface area contributed by atoms with Crippen LogP contribution in [-0.2, 0) is 4.79 Å². The van der Waals surface area contributed by atoms with Gasteiger partial charge in [0.1, 0.15) is 11.9 Å². The van der Waals surface area contributed by atoms with E-state index >= 15 is 0 Å². The lowest BCUT2D eigenvalue weighted by atomic mass is 10.3. The van der Waals surface area contributed by atoms with Crippen molar-refractivity contribution in [3.63, 3.8) is 0 Å². The molecule has 0 amide bonds. The van der Waals surface area contributed by atoms with E-state index in [0.717, 1.165) is 11.3 Å². The number of hydrogen-bond acceptors (Lipinski definition) is 11. The van der Waals surface area contributed by atoms with Crippen LogP contribution in [0.25, 0.3) is 0 Å². The highest BCUT2D eigenvalue weighted by Crippen LogP contribution is 2.35. The van der Waals surface area contributed by atoms with Crippen LogP contribution >= 0.6 is 47.1 Å². The monoisotopic (exact) mass is 414 g/mol. The Morgan fingerprint density at radius 3 is 2.48 bits per heavy atom. The van der Waals surface area contributed by atoms with Crippen molar-refractivity contribution >= 4 is 58.0 Å². The fraction of sp³-hybridized carbons (Fsp3) is 0.0769. The minimum atomic E-state index is -0.466. The van der Waals surface area contributed by atoms with E-state index in [0.29, 0.717) is 18.8 Å². The van der Waals surface area contributed by atoms with Crippen LogP contribution in [0.15, 0.2) is 49.5 Å². The van der Waals surface area contributed by atoms with Crippen LogP contribution in [0.2, 0.25) is 0 Å².